The van der Waals surface area contributed by atoms with Crippen molar-refractivity contribution in [3.8, 4) is 11.5 Å². The van der Waals surface area contributed by atoms with E-state index in [1.54, 1.807) is 32.4 Å². The zero-order valence-corrected chi connectivity index (χ0v) is 20.6. The van der Waals surface area contributed by atoms with E-state index in [0.717, 1.165) is 16.7 Å². The first-order valence-corrected chi connectivity index (χ1v) is 11.5. The molecule has 0 bridgehead atoms. The normalized spacial score (nSPS) is 17.2. The van der Waals surface area contributed by atoms with Crippen LogP contribution in [0.5, 0.6) is 11.5 Å². The third kappa shape index (κ3) is 4.31. The van der Waals surface area contributed by atoms with Gasteiger partial charge in [0.1, 0.15) is 17.3 Å². The quantitative estimate of drug-likeness (QED) is 0.267. The Balaban J connectivity index is 1.88. The molecule has 6 nitrogen and oxygen atoms in total. The van der Waals surface area contributed by atoms with Crippen LogP contribution >= 0.6 is 15.9 Å². The summed E-state index contributed by atoms with van der Waals surface area (Å²) in [6.45, 7) is 2.09. The van der Waals surface area contributed by atoms with Gasteiger partial charge in [-0.2, -0.15) is 0 Å². The second kappa shape index (κ2) is 9.73. The first-order valence-electron chi connectivity index (χ1n) is 10.7. The van der Waals surface area contributed by atoms with Gasteiger partial charge in [0, 0.05) is 11.1 Å². The second-order valence-electron chi connectivity index (χ2n) is 8.00. The van der Waals surface area contributed by atoms with Crippen LogP contribution in [0.4, 0.5) is 0 Å². The molecule has 1 amide bonds. The first kappa shape index (κ1) is 23.6. The third-order valence-electron chi connectivity index (χ3n) is 5.86. The number of Topliss-reactive ketones (excluding diaryl/α,β-unsaturated/α-hetero) is 1. The summed E-state index contributed by atoms with van der Waals surface area (Å²) in [7, 11) is 3.10. The molecule has 34 heavy (non-hydrogen) atoms. The lowest BCUT2D eigenvalue weighted by Gasteiger charge is -2.26. The molecule has 1 aliphatic heterocycles. The van der Waals surface area contributed by atoms with Crippen molar-refractivity contribution in [1.29, 1.82) is 0 Å². The van der Waals surface area contributed by atoms with Crippen LogP contribution in [-0.2, 0) is 16.1 Å². The van der Waals surface area contributed by atoms with Gasteiger partial charge in [0.05, 0.1) is 36.9 Å². The van der Waals surface area contributed by atoms with Crippen LogP contribution in [0.15, 0.2) is 76.8 Å². The van der Waals surface area contributed by atoms with E-state index in [1.165, 1.54) is 4.90 Å². The smallest absolute Gasteiger partial charge is 0.295 e. The summed E-state index contributed by atoms with van der Waals surface area (Å²) in [6, 6.07) is 19.2. The number of rotatable bonds is 6. The molecule has 1 unspecified atom stereocenters. The summed E-state index contributed by atoms with van der Waals surface area (Å²) in [5.74, 6) is -0.442. The molecular formula is C27H24BrNO5. The van der Waals surface area contributed by atoms with Crippen molar-refractivity contribution in [3.05, 3.63) is 99.0 Å². The lowest BCUT2D eigenvalue weighted by Crippen LogP contribution is -2.29. The van der Waals surface area contributed by atoms with E-state index >= 15 is 0 Å². The summed E-state index contributed by atoms with van der Waals surface area (Å²) in [6.07, 6.45) is 0. The van der Waals surface area contributed by atoms with E-state index < -0.39 is 17.7 Å². The van der Waals surface area contributed by atoms with Crippen molar-refractivity contribution in [1.82, 2.24) is 4.90 Å². The third-order valence-corrected chi connectivity index (χ3v) is 6.48. The summed E-state index contributed by atoms with van der Waals surface area (Å²) in [5, 5.41) is 11.3. The van der Waals surface area contributed by atoms with Gasteiger partial charge in [-0.1, -0.05) is 48.0 Å². The van der Waals surface area contributed by atoms with Crippen LogP contribution in [0, 0.1) is 6.92 Å². The Morgan fingerprint density at radius 1 is 0.971 bits per heavy atom. The molecule has 1 heterocycles. The molecule has 174 valence electrons. The Bertz CT molecular complexity index is 1300. The highest BCUT2D eigenvalue weighted by molar-refractivity contribution is 9.10. The molecular weight excluding hydrogens is 498 g/mol. The molecule has 0 aliphatic carbocycles. The van der Waals surface area contributed by atoms with Crippen LogP contribution in [0.1, 0.15) is 28.3 Å². The van der Waals surface area contributed by atoms with Crippen molar-refractivity contribution < 1.29 is 24.2 Å². The monoisotopic (exact) mass is 521 g/mol. The van der Waals surface area contributed by atoms with E-state index in [9.17, 15) is 14.7 Å². The Kier molecular flexibility index (Phi) is 6.75. The number of ketones is 1. The zero-order valence-electron chi connectivity index (χ0n) is 19.0. The Morgan fingerprint density at radius 2 is 1.71 bits per heavy atom. The average Bonchev–Trinajstić information content (AvgIpc) is 3.08. The first-order chi connectivity index (χ1) is 16.3. The molecule has 1 N–H and O–H groups in total. The number of aliphatic hydroxyl groups excluding tert-OH is 1. The molecule has 1 saturated heterocycles. The maximum atomic E-state index is 13.3. The van der Waals surface area contributed by atoms with Crippen LogP contribution in [0.2, 0.25) is 0 Å². The molecule has 3 aromatic carbocycles. The number of carbonyl (C=O) groups is 2. The van der Waals surface area contributed by atoms with Gasteiger partial charge < -0.3 is 19.5 Å². The van der Waals surface area contributed by atoms with Crippen molar-refractivity contribution >= 4 is 33.4 Å². The van der Waals surface area contributed by atoms with Crippen LogP contribution < -0.4 is 9.47 Å². The molecule has 1 fully saturated rings. The fourth-order valence-electron chi connectivity index (χ4n) is 4.22. The van der Waals surface area contributed by atoms with Gasteiger partial charge >= 0.3 is 0 Å². The number of amides is 1. The number of methoxy groups -OCH3 is 2. The van der Waals surface area contributed by atoms with Gasteiger partial charge in [0.2, 0.25) is 0 Å². The van der Waals surface area contributed by atoms with Gasteiger partial charge in [-0.05, 0) is 52.7 Å². The van der Waals surface area contributed by atoms with Crippen LogP contribution in [0.25, 0.3) is 5.76 Å². The molecule has 7 heteroatoms. The lowest BCUT2D eigenvalue weighted by atomic mass is 9.94. The zero-order chi connectivity index (χ0) is 24.4. The highest BCUT2D eigenvalue weighted by Crippen LogP contribution is 2.41. The van der Waals surface area contributed by atoms with Gasteiger partial charge in [0.25, 0.3) is 11.7 Å². The highest BCUT2D eigenvalue weighted by atomic mass is 79.9. The molecule has 0 saturated carbocycles. The predicted octanol–water partition coefficient (Wildman–Crippen LogP) is 5.40. The summed E-state index contributed by atoms with van der Waals surface area (Å²) < 4.78 is 11.3. The number of nitrogens with zero attached hydrogens (tertiary/aromatic N) is 1. The van der Waals surface area contributed by atoms with E-state index in [1.807, 2.05) is 55.5 Å². The molecule has 0 radical (unpaired) electrons. The number of carbonyl (C=O) groups excluding carboxylic acids is 2. The fourth-order valence-corrected chi connectivity index (χ4v) is 4.76. The van der Waals surface area contributed by atoms with Gasteiger partial charge in [-0.15, -0.1) is 0 Å². The predicted molar refractivity (Wildman–Crippen MR) is 133 cm³/mol. The SMILES string of the molecule is COc1ccc(/C(O)=C2/C(=O)C(=O)N(Cc3ccccc3OC)C2c2cccc(C)c2)cc1Br. The number of aliphatic hydroxyl groups is 1. The number of likely N-dealkylation sites (tertiary alicyclic amines) is 1. The number of aryl methyl sites for hydroxylation is 1. The minimum absolute atomic E-state index is 0.0440. The van der Waals surface area contributed by atoms with E-state index in [4.69, 9.17) is 9.47 Å². The second-order valence-corrected chi connectivity index (χ2v) is 8.86. The summed E-state index contributed by atoms with van der Waals surface area (Å²) in [5.41, 5.74) is 2.93. The number of halogens is 1. The average molecular weight is 522 g/mol. The van der Waals surface area contributed by atoms with Crippen molar-refractivity contribution in [2.45, 2.75) is 19.5 Å². The van der Waals surface area contributed by atoms with E-state index in [-0.39, 0.29) is 17.9 Å². The van der Waals surface area contributed by atoms with Crippen molar-refractivity contribution in [2.75, 3.05) is 14.2 Å². The fraction of sp³-hybridized carbons (Fsp3) is 0.185. The van der Waals surface area contributed by atoms with Crippen molar-refractivity contribution in [2.24, 2.45) is 0 Å². The number of ether oxygens (including phenoxy) is 2. The van der Waals surface area contributed by atoms with Gasteiger partial charge in [-0.25, -0.2) is 0 Å². The minimum atomic E-state index is -0.759. The molecule has 0 aromatic heterocycles. The topological polar surface area (TPSA) is 76.1 Å². The van der Waals surface area contributed by atoms with E-state index in [2.05, 4.69) is 15.9 Å². The van der Waals surface area contributed by atoms with Gasteiger partial charge in [0.15, 0.2) is 0 Å². The number of hydrogen-bond acceptors (Lipinski definition) is 5. The Labute approximate surface area is 206 Å². The number of benzene rings is 3. The molecule has 0 spiro atoms. The highest BCUT2D eigenvalue weighted by Gasteiger charge is 2.46. The van der Waals surface area contributed by atoms with E-state index in [0.29, 0.717) is 21.5 Å². The lowest BCUT2D eigenvalue weighted by molar-refractivity contribution is -0.140. The molecule has 3 aromatic rings. The molecule has 1 aliphatic rings. The summed E-state index contributed by atoms with van der Waals surface area (Å²) in [4.78, 5) is 28.0. The largest absolute Gasteiger partial charge is 0.507 e. The number of hydrogen-bond donors (Lipinski definition) is 1. The Hall–Kier alpha value is -3.58. The minimum Gasteiger partial charge on any atom is -0.507 e. The maximum Gasteiger partial charge on any atom is 0.295 e. The van der Waals surface area contributed by atoms with Crippen LogP contribution in [-0.4, -0.2) is 35.9 Å². The number of para-hydroxylation sites is 1. The van der Waals surface area contributed by atoms with Gasteiger partial charge in [-0.3, -0.25) is 9.59 Å². The van der Waals surface area contributed by atoms with Crippen LogP contribution in [0.3, 0.4) is 0 Å². The Morgan fingerprint density at radius 3 is 2.38 bits per heavy atom. The molecule has 1 atom stereocenters. The summed E-state index contributed by atoms with van der Waals surface area (Å²) >= 11 is 3.42. The standard InChI is InChI=1S/C27H24BrNO5/c1-16-7-6-9-17(13-16)24-23(25(30)18-11-12-22(34-3)20(28)14-18)26(31)27(32)29(24)15-19-8-4-5-10-21(19)33-2/h4-14,24,30H,15H2,1-3H3/b25-23-. The molecule has 4 rings (SSSR count). The van der Waals surface area contributed by atoms with Crippen molar-refractivity contribution in [3.63, 3.8) is 0 Å². The maximum absolute atomic E-state index is 13.3.